The number of halogens is 1. The summed E-state index contributed by atoms with van der Waals surface area (Å²) >= 11 is 0. The molecule has 0 atom stereocenters. The fraction of sp³-hybridized carbons (Fsp3) is 0.138. The molecule has 6 nitrogen and oxygen atoms in total. The highest BCUT2D eigenvalue weighted by Gasteiger charge is 2.16. The smallest absolute Gasteiger partial charge is 0.255 e. The fourth-order valence-corrected chi connectivity index (χ4v) is 3.82. The number of carbonyl (C=O) groups is 1. The number of nitrogens with two attached hydrogens (primary N) is 1. The molecule has 1 aromatic heterocycles. The highest BCUT2D eigenvalue weighted by Crippen LogP contribution is 2.25. The van der Waals surface area contributed by atoms with E-state index < -0.39 is 0 Å². The molecule has 0 saturated heterocycles. The van der Waals surface area contributed by atoms with E-state index in [9.17, 15) is 14.4 Å². The highest BCUT2D eigenvalue weighted by atomic mass is 19.1. The van der Waals surface area contributed by atoms with Gasteiger partial charge in [0.2, 0.25) is 0 Å². The Labute approximate surface area is 209 Å². The van der Waals surface area contributed by atoms with Crippen molar-refractivity contribution in [3.05, 3.63) is 119 Å². The molecule has 4 aromatic rings. The quantitative estimate of drug-likeness (QED) is 0.320. The lowest BCUT2D eigenvalue weighted by molar-refractivity contribution is 0.0951. The molecule has 0 bridgehead atoms. The van der Waals surface area contributed by atoms with Gasteiger partial charge < -0.3 is 16.4 Å². The molecule has 4 N–H and O–H groups in total. The molecule has 0 unspecified atom stereocenters. The number of aromatic nitrogens is 1. The number of amides is 1. The molecule has 180 valence electrons. The second kappa shape index (κ2) is 11.7. The number of nitriles is 1. The van der Waals surface area contributed by atoms with E-state index in [2.05, 4.69) is 21.7 Å². The summed E-state index contributed by atoms with van der Waals surface area (Å²) in [6, 6.07) is 26.9. The zero-order valence-electron chi connectivity index (χ0n) is 19.7. The van der Waals surface area contributed by atoms with Crippen LogP contribution in [-0.2, 0) is 19.5 Å². The number of hydrogen-bond acceptors (Lipinski definition) is 5. The number of benzene rings is 3. The fourth-order valence-electron chi connectivity index (χ4n) is 3.82. The first-order valence-corrected chi connectivity index (χ1v) is 11.6. The lowest BCUT2D eigenvalue weighted by Gasteiger charge is -2.14. The molecular weight excluding hydrogens is 453 g/mol. The number of anilines is 1. The number of nitrogens with zero attached hydrogens (tertiary/aromatic N) is 2. The van der Waals surface area contributed by atoms with E-state index in [1.54, 1.807) is 30.3 Å². The maximum absolute atomic E-state index is 13.5. The van der Waals surface area contributed by atoms with Crippen LogP contribution >= 0.6 is 0 Å². The molecule has 3 aromatic carbocycles. The van der Waals surface area contributed by atoms with Gasteiger partial charge in [0.1, 0.15) is 11.6 Å². The second-order valence-corrected chi connectivity index (χ2v) is 8.26. The van der Waals surface area contributed by atoms with Crippen molar-refractivity contribution in [2.75, 3.05) is 11.9 Å². The highest BCUT2D eigenvalue weighted by molar-refractivity contribution is 5.99. The summed E-state index contributed by atoms with van der Waals surface area (Å²) < 4.78 is 13.5. The summed E-state index contributed by atoms with van der Waals surface area (Å²) in [6.07, 6.45) is 0.549. The summed E-state index contributed by atoms with van der Waals surface area (Å²) in [4.78, 5) is 17.8. The molecule has 0 radical (unpaired) electrons. The first-order valence-electron chi connectivity index (χ1n) is 11.6. The average Bonchev–Trinajstić information content (AvgIpc) is 2.92. The third-order valence-electron chi connectivity index (χ3n) is 5.77. The van der Waals surface area contributed by atoms with Gasteiger partial charge >= 0.3 is 0 Å². The predicted molar refractivity (Wildman–Crippen MR) is 138 cm³/mol. The van der Waals surface area contributed by atoms with Crippen LogP contribution in [0.3, 0.4) is 0 Å². The van der Waals surface area contributed by atoms with Crippen molar-refractivity contribution in [1.29, 1.82) is 5.26 Å². The van der Waals surface area contributed by atoms with E-state index in [4.69, 9.17) is 5.73 Å². The van der Waals surface area contributed by atoms with Gasteiger partial charge in [-0.3, -0.25) is 4.79 Å². The molecule has 0 fully saturated rings. The van der Waals surface area contributed by atoms with Gasteiger partial charge in [0.05, 0.1) is 22.9 Å². The first kappa shape index (κ1) is 24.6. The van der Waals surface area contributed by atoms with Crippen molar-refractivity contribution in [3.63, 3.8) is 0 Å². The monoisotopic (exact) mass is 479 g/mol. The minimum atomic E-state index is -0.291. The maximum Gasteiger partial charge on any atom is 0.255 e. The minimum absolute atomic E-state index is 0.279. The maximum atomic E-state index is 13.5. The van der Waals surface area contributed by atoms with Crippen molar-refractivity contribution in [1.82, 2.24) is 10.3 Å². The average molecular weight is 480 g/mol. The zero-order chi connectivity index (χ0) is 25.3. The molecule has 4 rings (SSSR count). The number of hydrogen-bond donors (Lipinski definition) is 3. The summed E-state index contributed by atoms with van der Waals surface area (Å²) in [5, 5.41) is 15.7. The van der Waals surface area contributed by atoms with Crippen molar-refractivity contribution < 1.29 is 9.18 Å². The number of nitrogens with one attached hydrogen (secondary N) is 2. The molecule has 36 heavy (non-hydrogen) atoms. The molecular formula is C29H26FN5O. The van der Waals surface area contributed by atoms with Gasteiger partial charge in [0.25, 0.3) is 5.91 Å². The molecule has 1 heterocycles. The van der Waals surface area contributed by atoms with E-state index in [1.165, 1.54) is 12.1 Å². The zero-order valence-corrected chi connectivity index (χ0v) is 19.7. The van der Waals surface area contributed by atoms with Crippen molar-refractivity contribution in [2.24, 2.45) is 5.73 Å². The van der Waals surface area contributed by atoms with E-state index in [1.807, 2.05) is 42.5 Å². The third kappa shape index (κ3) is 6.12. The van der Waals surface area contributed by atoms with Crippen molar-refractivity contribution in [3.8, 4) is 17.3 Å². The molecule has 1 amide bonds. The van der Waals surface area contributed by atoms with Crippen LogP contribution in [0.15, 0.2) is 84.9 Å². The van der Waals surface area contributed by atoms with Crippen molar-refractivity contribution in [2.45, 2.75) is 19.5 Å². The van der Waals surface area contributed by atoms with Crippen LogP contribution < -0.4 is 16.4 Å². The first-order chi connectivity index (χ1) is 17.6. The van der Waals surface area contributed by atoms with Crippen LogP contribution in [0, 0.1) is 17.1 Å². The van der Waals surface area contributed by atoms with Gasteiger partial charge in [-0.2, -0.15) is 5.26 Å². The molecule has 0 spiro atoms. The summed E-state index contributed by atoms with van der Waals surface area (Å²) in [6.45, 7) is 1.26. The second-order valence-electron chi connectivity index (χ2n) is 8.26. The number of pyridine rings is 1. The molecule has 0 aliphatic heterocycles. The Morgan fingerprint density at radius 1 is 0.944 bits per heavy atom. The van der Waals surface area contributed by atoms with Crippen LogP contribution in [0.2, 0.25) is 0 Å². The molecule has 0 aliphatic carbocycles. The van der Waals surface area contributed by atoms with Crippen LogP contribution in [0.25, 0.3) is 11.3 Å². The van der Waals surface area contributed by atoms with E-state index in [0.29, 0.717) is 54.3 Å². The van der Waals surface area contributed by atoms with E-state index in [0.717, 1.165) is 16.7 Å². The van der Waals surface area contributed by atoms with Crippen LogP contribution in [0.4, 0.5) is 10.2 Å². The SMILES string of the molecule is N#Cc1ccccc1-c1ccc(C(=O)NCc2ccc(CN)cc2)c(NCCc2cccc(F)c2)n1. The van der Waals surface area contributed by atoms with Gasteiger partial charge in [-0.25, -0.2) is 9.37 Å². The van der Waals surface area contributed by atoms with Gasteiger partial charge in [-0.15, -0.1) is 0 Å². The summed E-state index contributed by atoms with van der Waals surface area (Å²) in [7, 11) is 0. The van der Waals surface area contributed by atoms with E-state index in [-0.39, 0.29) is 11.7 Å². The van der Waals surface area contributed by atoms with Gasteiger partial charge in [-0.1, -0.05) is 54.6 Å². The number of carbonyl (C=O) groups excluding carboxylic acids is 1. The summed E-state index contributed by atoms with van der Waals surface area (Å²) in [5.74, 6) is -0.174. The third-order valence-corrected chi connectivity index (χ3v) is 5.77. The van der Waals surface area contributed by atoms with Crippen LogP contribution in [0.5, 0.6) is 0 Å². The Kier molecular flexibility index (Phi) is 8.01. The largest absolute Gasteiger partial charge is 0.369 e. The molecule has 0 aliphatic rings. The Bertz CT molecular complexity index is 1400. The summed E-state index contributed by atoms with van der Waals surface area (Å²) in [5.41, 5.74) is 10.6. The Morgan fingerprint density at radius 2 is 1.72 bits per heavy atom. The minimum Gasteiger partial charge on any atom is -0.369 e. The topological polar surface area (TPSA) is 104 Å². The predicted octanol–water partition coefficient (Wildman–Crippen LogP) is 4.80. The van der Waals surface area contributed by atoms with Gasteiger partial charge in [-0.05, 0) is 53.4 Å². The Balaban J connectivity index is 1.56. The molecule has 7 heteroatoms. The Morgan fingerprint density at radius 3 is 2.47 bits per heavy atom. The molecule has 0 saturated carbocycles. The number of rotatable bonds is 9. The van der Waals surface area contributed by atoms with Crippen LogP contribution in [-0.4, -0.2) is 17.4 Å². The van der Waals surface area contributed by atoms with E-state index >= 15 is 0 Å². The normalized spacial score (nSPS) is 10.5. The lowest BCUT2D eigenvalue weighted by atomic mass is 10.0. The van der Waals surface area contributed by atoms with Crippen LogP contribution in [0.1, 0.15) is 32.6 Å². The standard InChI is InChI=1S/C29H26FN5O/c30-24-6-3-4-20(16-24)14-15-33-28-26(29(36)34-19-22-10-8-21(17-31)9-11-22)12-13-27(35-28)25-7-2-1-5-23(25)18-32/h1-13,16H,14-15,17,19,31H2,(H,33,35)(H,34,36). The van der Waals surface area contributed by atoms with Crippen molar-refractivity contribution >= 4 is 11.7 Å². The Hall–Kier alpha value is -4.54. The van der Waals surface area contributed by atoms with Gasteiger partial charge in [0, 0.05) is 25.2 Å². The van der Waals surface area contributed by atoms with Gasteiger partial charge in [0.15, 0.2) is 0 Å². The lowest BCUT2D eigenvalue weighted by Crippen LogP contribution is -2.25.